The molecule has 1 unspecified atom stereocenters. The number of benzene rings is 1. The fourth-order valence-electron chi connectivity index (χ4n) is 2.42. The van der Waals surface area contributed by atoms with Gasteiger partial charge in [0.1, 0.15) is 5.75 Å². The van der Waals surface area contributed by atoms with Crippen LogP contribution in [0.5, 0.6) is 5.75 Å². The maximum atomic E-state index is 10.8. The topological polar surface area (TPSA) is 98.0 Å². The number of hydrogen-bond donors (Lipinski definition) is 3. The summed E-state index contributed by atoms with van der Waals surface area (Å²) >= 11 is 0. The molecule has 0 radical (unpaired) electrons. The highest BCUT2D eigenvalue weighted by Gasteiger charge is 2.15. The first-order valence-electron chi connectivity index (χ1n) is 8.31. The van der Waals surface area contributed by atoms with E-state index in [-0.39, 0.29) is 36.7 Å². The van der Waals surface area contributed by atoms with Gasteiger partial charge in [0.15, 0.2) is 12.6 Å². The molecule has 1 aliphatic heterocycles. The van der Waals surface area contributed by atoms with Gasteiger partial charge in [-0.15, -0.1) is 24.0 Å². The lowest BCUT2D eigenvalue weighted by molar-refractivity contribution is -0.119. The Kier molecular flexibility index (Phi) is 10.2. The van der Waals surface area contributed by atoms with Crippen molar-refractivity contribution in [3.8, 4) is 5.75 Å². The number of rotatable bonds is 8. The van der Waals surface area contributed by atoms with Gasteiger partial charge in [-0.2, -0.15) is 0 Å². The van der Waals surface area contributed by atoms with Crippen molar-refractivity contribution in [1.82, 2.24) is 10.6 Å². The number of primary amides is 1. The summed E-state index contributed by atoms with van der Waals surface area (Å²) in [5, 5.41) is 6.53. The van der Waals surface area contributed by atoms with Crippen LogP contribution >= 0.6 is 24.0 Å². The Morgan fingerprint density at radius 3 is 2.96 bits per heavy atom. The lowest BCUT2D eigenvalue weighted by Crippen LogP contribution is -2.41. The minimum absolute atomic E-state index is 0. The Morgan fingerprint density at radius 2 is 2.28 bits per heavy atom. The summed E-state index contributed by atoms with van der Waals surface area (Å²) in [5.41, 5.74) is 6.07. The van der Waals surface area contributed by atoms with Crippen LogP contribution in [0.15, 0.2) is 29.3 Å². The average molecular weight is 462 g/mol. The first-order chi connectivity index (χ1) is 11.7. The number of nitrogens with zero attached hydrogens (tertiary/aromatic N) is 1. The molecular weight excluding hydrogens is 435 g/mol. The number of nitrogens with two attached hydrogens (primary N) is 1. The number of ether oxygens (including phenoxy) is 2. The summed E-state index contributed by atoms with van der Waals surface area (Å²) in [7, 11) is 0. The van der Waals surface area contributed by atoms with Crippen molar-refractivity contribution in [1.29, 1.82) is 0 Å². The molecule has 1 amide bonds. The van der Waals surface area contributed by atoms with E-state index in [1.807, 2.05) is 25.1 Å². The Morgan fingerprint density at radius 1 is 1.44 bits per heavy atom. The van der Waals surface area contributed by atoms with E-state index < -0.39 is 5.91 Å². The Hall–Kier alpha value is -1.55. The van der Waals surface area contributed by atoms with Crippen LogP contribution < -0.4 is 21.1 Å². The number of aliphatic imine (C=N–C) groups is 1. The molecule has 140 valence electrons. The molecule has 4 N–H and O–H groups in total. The van der Waals surface area contributed by atoms with Gasteiger partial charge in [-0.25, -0.2) is 4.99 Å². The molecular formula is C17H27IN4O3. The van der Waals surface area contributed by atoms with E-state index in [0.29, 0.717) is 12.3 Å². The van der Waals surface area contributed by atoms with Gasteiger partial charge in [0.25, 0.3) is 5.91 Å². The highest BCUT2D eigenvalue weighted by molar-refractivity contribution is 14.0. The largest absolute Gasteiger partial charge is 0.484 e. The molecule has 0 aliphatic carbocycles. The third-order valence-corrected chi connectivity index (χ3v) is 3.56. The SMILES string of the molecule is CCNC(=NCc1cccc(OCC(N)=O)c1)NCC1CCCO1.I. The van der Waals surface area contributed by atoms with Crippen LogP contribution in [0.1, 0.15) is 25.3 Å². The zero-order valence-corrected chi connectivity index (χ0v) is 16.8. The molecule has 7 nitrogen and oxygen atoms in total. The van der Waals surface area contributed by atoms with Gasteiger partial charge in [0.05, 0.1) is 12.6 Å². The summed E-state index contributed by atoms with van der Waals surface area (Å²) < 4.78 is 10.9. The summed E-state index contributed by atoms with van der Waals surface area (Å²) in [6, 6.07) is 7.48. The predicted octanol–water partition coefficient (Wildman–Crippen LogP) is 1.40. The fourth-order valence-corrected chi connectivity index (χ4v) is 2.42. The zero-order valence-electron chi connectivity index (χ0n) is 14.5. The van der Waals surface area contributed by atoms with E-state index >= 15 is 0 Å². The van der Waals surface area contributed by atoms with Crippen LogP contribution in [0.4, 0.5) is 0 Å². The molecule has 0 saturated carbocycles. The van der Waals surface area contributed by atoms with Crippen LogP contribution in [-0.4, -0.2) is 44.3 Å². The smallest absolute Gasteiger partial charge is 0.255 e. The second-order valence-corrected chi connectivity index (χ2v) is 5.61. The Labute approximate surface area is 165 Å². The quantitative estimate of drug-likeness (QED) is 0.308. The highest BCUT2D eigenvalue weighted by Crippen LogP contribution is 2.14. The number of carbonyl (C=O) groups is 1. The maximum absolute atomic E-state index is 10.8. The lowest BCUT2D eigenvalue weighted by Gasteiger charge is -2.14. The van der Waals surface area contributed by atoms with Gasteiger partial charge < -0.3 is 25.8 Å². The minimum Gasteiger partial charge on any atom is -0.484 e. The highest BCUT2D eigenvalue weighted by atomic mass is 127. The van der Waals surface area contributed by atoms with Crippen LogP contribution in [0.25, 0.3) is 0 Å². The second-order valence-electron chi connectivity index (χ2n) is 5.61. The summed E-state index contributed by atoms with van der Waals surface area (Å²) in [6.45, 7) is 4.80. The van der Waals surface area contributed by atoms with Crippen molar-refractivity contribution in [3.63, 3.8) is 0 Å². The van der Waals surface area contributed by atoms with Crippen LogP contribution in [-0.2, 0) is 16.1 Å². The first-order valence-corrected chi connectivity index (χ1v) is 8.31. The first kappa shape index (κ1) is 21.5. The number of nitrogens with one attached hydrogen (secondary N) is 2. The monoisotopic (exact) mass is 462 g/mol. The van der Waals surface area contributed by atoms with Crippen molar-refractivity contribution in [2.45, 2.75) is 32.4 Å². The molecule has 8 heteroatoms. The lowest BCUT2D eigenvalue weighted by atomic mass is 10.2. The van der Waals surface area contributed by atoms with Crippen molar-refractivity contribution in [2.75, 3.05) is 26.3 Å². The standard InChI is InChI=1S/C17H26N4O3.HI/c1-2-19-17(21-11-15-7-4-8-23-15)20-10-13-5-3-6-14(9-13)24-12-16(18)22;/h3,5-6,9,15H,2,4,7-8,10-12H2,1H3,(H2,18,22)(H2,19,20,21);1H. The third kappa shape index (κ3) is 8.39. The van der Waals surface area contributed by atoms with E-state index in [0.717, 1.165) is 44.1 Å². The summed E-state index contributed by atoms with van der Waals surface area (Å²) in [4.78, 5) is 15.3. The number of halogens is 1. The van der Waals surface area contributed by atoms with E-state index in [9.17, 15) is 4.79 Å². The number of hydrogen-bond acceptors (Lipinski definition) is 4. The summed E-state index contributed by atoms with van der Waals surface area (Å²) in [6.07, 6.45) is 2.48. The molecule has 1 saturated heterocycles. The van der Waals surface area contributed by atoms with E-state index in [2.05, 4.69) is 15.6 Å². The van der Waals surface area contributed by atoms with Gasteiger partial charge >= 0.3 is 0 Å². The van der Waals surface area contributed by atoms with Crippen LogP contribution in [0, 0.1) is 0 Å². The van der Waals surface area contributed by atoms with E-state index in [1.54, 1.807) is 6.07 Å². The van der Waals surface area contributed by atoms with Crippen molar-refractivity contribution in [2.24, 2.45) is 10.7 Å². The fraction of sp³-hybridized carbons (Fsp3) is 0.529. The molecule has 25 heavy (non-hydrogen) atoms. The molecule has 0 aromatic heterocycles. The number of carbonyl (C=O) groups excluding carboxylic acids is 1. The van der Waals surface area contributed by atoms with Crippen molar-refractivity contribution < 1.29 is 14.3 Å². The van der Waals surface area contributed by atoms with Crippen LogP contribution in [0.2, 0.25) is 0 Å². The van der Waals surface area contributed by atoms with Gasteiger partial charge in [0.2, 0.25) is 0 Å². The molecule has 1 aliphatic rings. The second kappa shape index (κ2) is 11.9. The Balaban J connectivity index is 0.00000312. The van der Waals surface area contributed by atoms with Gasteiger partial charge in [-0.1, -0.05) is 12.1 Å². The normalized spacial score (nSPS) is 16.8. The molecule has 0 spiro atoms. The average Bonchev–Trinajstić information content (AvgIpc) is 3.09. The van der Waals surface area contributed by atoms with Crippen LogP contribution in [0.3, 0.4) is 0 Å². The minimum atomic E-state index is -0.494. The van der Waals surface area contributed by atoms with E-state index in [1.165, 1.54) is 0 Å². The van der Waals surface area contributed by atoms with E-state index in [4.69, 9.17) is 15.2 Å². The molecule has 0 bridgehead atoms. The summed E-state index contributed by atoms with van der Waals surface area (Å²) in [5.74, 6) is 0.876. The molecule has 2 rings (SSSR count). The van der Waals surface area contributed by atoms with Gasteiger partial charge in [0, 0.05) is 19.7 Å². The zero-order chi connectivity index (χ0) is 17.2. The molecule has 1 fully saturated rings. The number of amides is 1. The molecule has 1 atom stereocenters. The molecule has 1 aromatic carbocycles. The number of guanidine groups is 1. The Bertz CT molecular complexity index is 563. The van der Waals surface area contributed by atoms with Crippen molar-refractivity contribution >= 4 is 35.8 Å². The third-order valence-electron chi connectivity index (χ3n) is 3.56. The molecule has 1 aromatic rings. The van der Waals surface area contributed by atoms with Gasteiger partial charge in [-0.05, 0) is 37.5 Å². The van der Waals surface area contributed by atoms with Gasteiger partial charge in [-0.3, -0.25) is 4.79 Å². The van der Waals surface area contributed by atoms with Crippen molar-refractivity contribution in [3.05, 3.63) is 29.8 Å². The predicted molar refractivity (Wildman–Crippen MR) is 108 cm³/mol. The molecule has 1 heterocycles. The maximum Gasteiger partial charge on any atom is 0.255 e.